The smallest absolute Gasteiger partial charge is 0.252 e. The lowest BCUT2D eigenvalue weighted by Crippen LogP contribution is -2.37. The van der Waals surface area contributed by atoms with Crippen LogP contribution in [0.5, 0.6) is 0 Å². The number of hydrogen-bond acceptors (Lipinski definition) is 4. The number of hydrogen-bond donors (Lipinski definition) is 2. The first-order valence-corrected chi connectivity index (χ1v) is 7.24. The Morgan fingerprint density at radius 3 is 2.71 bits per heavy atom. The van der Waals surface area contributed by atoms with E-state index in [0.717, 1.165) is 16.7 Å². The normalized spacial score (nSPS) is 12.9. The number of aromatic nitrogens is 3. The van der Waals surface area contributed by atoms with Crippen LogP contribution < -0.4 is 10.6 Å². The van der Waals surface area contributed by atoms with Crippen LogP contribution in [0.3, 0.4) is 0 Å². The second-order valence-corrected chi connectivity index (χ2v) is 5.63. The molecule has 0 aliphatic rings. The quantitative estimate of drug-likeness (QED) is 0.878. The van der Waals surface area contributed by atoms with E-state index in [2.05, 4.69) is 20.7 Å². The Morgan fingerprint density at radius 2 is 2.10 bits per heavy atom. The lowest BCUT2D eigenvalue weighted by Gasteiger charge is -2.12. The monoisotopic (exact) mass is 289 g/mol. The van der Waals surface area contributed by atoms with Crippen LogP contribution in [0.25, 0.3) is 11.0 Å². The SMILES string of the molecule is CNC(C)CNC(=O)c1cc(C)nc2c1cnn2C(C)C. The molecule has 0 aromatic carbocycles. The van der Waals surface area contributed by atoms with Gasteiger partial charge in [0.1, 0.15) is 0 Å². The van der Waals surface area contributed by atoms with Gasteiger partial charge < -0.3 is 10.6 Å². The fraction of sp³-hybridized carbons (Fsp3) is 0.533. The molecule has 0 spiro atoms. The summed E-state index contributed by atoms with van der Waals surface area (Å²) < 4.78 is 1.84. The van der Waals surface area contributed by atoms with Crippen molar-refractivity contribution in [3.05, 3.63) is 23.5 Å². The van der Waals surface area contributed by atoms with E-state index in [1.165, 1.54) is 0 Å². The Bertz CT molecular complexity index is 647. The van der Waals surface area contributed by atoms with Gasteiger partial charge in [0, 0.05) is 24.3 Å². The van der Waals surface area contributed by atoms with Crippen LogP contribution >= 0.6 is 0 Å². The number of likely N-dealkylation sites (N-methyl/N-ethyl adjacent to an activating group) is 1. The molecular formula is C15H23N5O. The summed E-state index contributed by atoms with van der Waals surface area (Å²) in [5.41, 5.74) is 2.21. The number of nitrogens with one attached hydrogen (secondary N) is 2. The number of carbonyl (C=O) groups excluding carboxylic acids is 1. The Hall–Kier alpha value is -1.95. The van der Waals surface area contributed by atoms with E-state index in [4.69, 9.17) is 0 Å². The molecule has 1 amide bonds. The van der Waals surface area contributed by atoms with Gasteiger partial charge in [0.25, 0.3) is 5.91 Å². The van der Waals surface area contributed by atoms with Crippen molar-refractivity contribution in [2.75, 3.05) is 13.6 Å². The number of amides is 1. The highest BCUT2D eigenvalue weighted by Crippen LogP contribution is 2.20. The molecule has 1 atom stereocenters. The Balaban J connectivity index is 2.37. The van der Waals surface area contributed by atoms with E-state index in [9.17, 15) is 4.79 Å². The summed E-state index contributed by atoms with van der Waals surface area (Å²) in [6.45, 7) is 8.58. The van der Waals surface area contributed by atoms with Crippen LogP contribution in [0.1, 0.15) is 42.9 Å². The third kappa shape index (κ3) is 3.21. The van der Waals surface area contributed by atoms with Gasteiger partial charge in [0.15, 0.2) is 5.65 Å². The van der Waals surface area contributed by atoms with Crippen LogP contribution in [0, 0.1) is 6.92 Å². The van der Waals surface area contributed by atoms with Crippen LogP contribution in [0.15, 0.2) is 12.3 Å². The molecule has 2 aromatic heterocycles. The molecule has 114 valence electrons. The van der Waals surface area contributed by atoms with E-state index < -0.39 is 0 Å². The summed E-state index contributed by atoms with van der Waals surface area (Å²) in [4.78, 5) is 16.9. The largest absolute Gasteiger partial charge is 0.350 e. The van der Waals surface area contributed by atoms with E-state index in [1.54, 1.807) is 6.20 Å². The Labute approximate surface area is 124 Å². The van der Waals surface area contributed by atoms with Crippen molar-refractivity contribution in [1.82, 2.24) is 25.4 Å². The van der Waals surface area contributed by atoms with Gasteiger partial charge in [-0.25, -0.2) is 9.67 Å². The van der Waals surface area contributed by atoms with Gasteiger partial charge in [-0.15, -0.1) is 0 Å². The van der Waals surface area contributed by atoms with Crippen molar-refractivity contribution in [3.8, 4) is 0 Å². The first-order valence-electron chi connectivity index (χ1n) is 7.24. The molecule has 2 rings (SSSR count). The van der Waals surface area contributed by atoms with E-state index in [-0.39, 0.29) is 18.0 Å². The van der Waals surface area contributed by atoms with Crippen molar-refractivity contribution in [2.45, 2.75) is 39.8 Å². The predicted molar refractivity (Wildman–Crippen MR) is 83.5 cm³/mol. The highest BCUT2D eigenvalue weighted by atomic mass is 16.1. The van der Waals surface area contributed by atoms with Gasteiger partial charge in [0.05, 0.1) is 17.1 Å². The molecule has 0 saturated carbocycles. The molecule has 0 fully saturated rings. The van der Waals surface area contributed by atoms with Gasteiger partial charge in [-0.1, -0.05) is 0 Å². The number of aryl methyl sites for hydroxylation is 1. The fourth-order valence-electron chi connectivity index (χ4n) is 2.15. The second kappa shape index (κ2) is 6.22. The number of rotatable bonds is 5. The molecule has 2 heterocycles. The van der Waals surface area contributed by atoms with Crippen LogP contribution in [-0.4, -0.2) is 40.3 Å². The molecular weight excluding hydrogens is 266 g/mol. The van der Waals surface area contributed by atoms with E-state index >= 15 is 0 Å². The maximum absolute atomic E-state index is 12.4. The van der Waals surface area contributed by atoms with Crippen LogP contribution in [0.2, 0.25) is 0 Å². The summed E-state index contributed by atoms with van der Waals surface area (Å²) in [5, 5.41) is 11.2. The molecule has 6 heteroatoms. The first kappa shape index (κ1) is 15.4. The molecule has 0 aliphatic carbocycles. The molecule has 0 saturated heterocycles. The zero-order valence-electron chi connectivity index (χ0n) is 13.3. The molecule has 2 aromatic rings. The Kier molecular flexibility index (Phi) is 4.57. The maximum Gasteiger partial charge on any atom is 0.252 e. The average Bonchev–Trinajstić information content (AvgIpc) is 2.86. The Morgan fingerprint density at radius 1 is 1.38 bits per heavy atom. The first-order chi connectivity index (χ1) is 9.93. The molecule has 6 nitrogen and oxygen atoms in total. The molecule has 0 radical (unpaired) electrons. The second-order valence-electron chi connectivity index (χ2n) is 5.63. The van der Waals surface area contributed by atoms with Crippen LogP contribution in [0.4, 0.5) is 0 Å². The maximum atomic E-state index is 12.4. The van der Waals surface area contributed by atoms with Gasteiger partial charge in [-0.3, -0.25) is 4.79 Å². The van der Waals surface area contributed by atoms with Crippen molar-refractivity contribution in [2.24, 2.45) is 0 Å². The van der Waals surface area contributed by atoms with Crippen molar-refractivity contribution < 1.29 is 4.79 Å². The van der Waals surface area contributed by atoms with Crippen molar-refractivity contribution in [3.63, 3.8) is 0 Å². The summed E-state index contributed by atoms with van der Waals surface area (Å²) in [6.07, 6.45) is 1.72. The minimum absolute atomic E-state index is 0.0871. The zero-order valence-corrected chi connectivity index (χ0v) is 13.3. The molecule has 0 aliphatic heterocycles. The minimum Gasteiger partial charge on any atom is -0.350 e. The third-order valence-corrected chi connectivity index (χ3v) is 3.49. The highest BCUT2D eigenvalue weighted by Gasteiger charge is 2.16. The standard InChI is InChI=1S/C15H23N5O/c1-9(2)20-14-13(8-18-20)12(6-10(3)19-14)15(21)17-7-11(4)16-5/h6,8-9,11,16H,7H2,1-5H3,(H,17,21). The predicted octanol–water partition coefficient (Wildman–Crippen LogP) is 1.66. The lowest BCUT2D eigenvalue weighted by molar-refractivity contribution is 0.0952. The molecule has 0 bridgehead atoms. The number of pyridine rings is 1. The van der Waals surface area contributed by atoms with Gasteiger partial charge in [-0.2, -0.15) is 5.10 Å². The number of carbonyl (C=O) groups is 1. The summed E-state index contributed by atoms with van der Waals surface area (Å²) in [6, 6.07) is 2.25. The van der Waals surface area contributed by atoms with Gasteiger partial charge in [0.2, 0.25) is 0 Å². The van der Waals surface area contributed by atoms with E-state index in [0.29, 0.717) is 12.1 Å². The van der Waals surface area contributed by atoms with E-state index in [1.807, 2.05) is 45.5 Å². The van der Waals surface area contributed by atoms with Gasteiger partial charge in [-0.05, 0) is 40.8 Å². The zero-order chi connectivity index (χ0) is 15.6. The highest BCUT2D eigenvalue weighted by molar-refractivity contribution is 6.05. The molecule has 21 heavy (non-hydrogen) atoms. The third-order valence-electron chi connectivity index (χ3n) is 3.49. The van der Waals surface area contributed by atoms with Gasteiger partial charge >= 0.3 is 0 Å². The number of fused-ring (bicyclic) bond motifs is 1. The fourth-order valence-corrected chi connectivity index (χ4v) is 2.15. The average molecular weight is 289 g/mol. The van der Waals surface area contributed by atoms with Crippen molar-refractivity contribution in [1.29, 1.82) is 0 Å². The summed E-state index contributed by atoms with van der Waals surface area (Å²) in [7, 11) is 1.87. The van der Waals surface area contributed by atoms with Crippen LogP contribution in [-0.2, 0) is 0 Å². The topological polar surface area (TPSA) is 71.8 Å². The summed E-state index contributed by atoms with van der Waals surface area (Å²) >= 11 is 0. The number of nitrogens with zero attached hydrogens (tertiary/aromatic N) is 3. The van der Waals surface area contributed by atoms with Crippen molar-refractivity contribution >= 4 is 16.9 Å². The molecule has 1 unspecified atom stereocenters. The summed E-state index contributed by atoms with van der Waals surface area (Å²) in [5.74, 6) is -0.0871. The lowest BCUT2D eigenvalue weighted by atomic mass is 10.1. The minimum atomic E-state index is -0.0871. The molecule has 2 N–H and O–H groups in total.